The molecule has 0 aliphatic carbocycles. The average molecular weight is 430 g/mol. The van der Waals surface area contributed by atoms with Crippen molar-refractivity contribution < 1.29 is 9.84 Å². The first-order valence-electron chi connectivity index (χ1n) is 10.8. The molecule has 0 radical (unpaired) electrons. The summed E-state index contributed by atoms with van der Waals surface area (Å²) in [5, 5.41) is 21.4. The molecule has 7 nitrogen and oxygen atoms in total. The van der Waals surface area contributed by atoms with Gasteiger partial charge in [-0.05, 0) is 58.0 Å². The van der Waals surface area contributed by atoms with Gasteiger partial charge in [-0.1, -0.05) is 0 Å². The lowest BCUT2D eigenvalue weighted by molar-refractivity contribution is 0.142. The SMILES string of the molecule is CC(C)N(CCOc1ccc2c(-c3c(O)[nH]c4ccc(C#N)cc34)ncnc2c1)C(C)C. The summed E-state index contributed by atoms with van der Waals surface area (Å²) in [6.07, 6.45) is 1.48. The Bertz CT molecular complexity index is 1300. The molecule has 164 valence electrons. The number of nitriles is 1. The van der Waals surface area contributed by atoms with Crippen molar-refractivity contribution in [2.45, 2.75) is 39.8 Å². The number of hydrogen-bond donors (Lipinski definition) is 2. The van der Waals surface area contributed by atoms with Gasteiger partial charge in [0, 0.05) is 41.0 Å². The predicted molar refractivity (Wildman–Crippen MR) is 126 cm³/mol. The lowest BCUT2D eigenvalue weighted by Crippen LogP contribution is -2.39. The third-order valence-corrected chi connectivity index (χ3v) is 5.70. The third kappa shape index (κ3) is 4.10. The van der Waals surface area contributed by atoms with Gasteiger partial charge >= 0.3 is 0 Å². The highest BCUT2D eigenvalue weighted by atomic mass is 16.5. The summed E-state index contributed by atoms with van der Waals surface area (Å²) in [4.78, 5) is 14.2. The van der Waals surface area contributed by atoms with E-state index >= 15 is 0 Å². The molecule has 0 saturated heterocycles. The van der Waals surface area contributed by atoms with Crippen LogP contribution in [0.4, 0.5) is 0 Å². The molecule has 0 saturated carbocycles. The zero-order chi connectivity index (χ0) is 22.8. The smallest absolute Gasteiger partial charge is 0.199 e. The number of benzene rings is 2. The second-order valence-electron chi connectivity index (χ2n) is 8.40. The fraction of sp³-hybridized carbons (Fsp3) is 0.320. The maximum Gasteiger partial charge on any atom is 0.199 e. The minimum Gasteiger partial charge on any atom is -0.494 e. The maximum absolute atomic E-state index is 10.6. The van der Waals surface area contributed by atoms with Gasteiger partial charge in [0.05, 0.1) is 28.4 Å². The molecule has 0 spiro atoms. The van der Waals surface area contributed by atoms with Gasteiger partial charge in [-0.15, -0.1) is 0 Å². The zero-order valence-corrected chi connectivity index (χ0v) is 18.8. The van der Waals surface area contributed by atoms with Crippen LogP contribution in [0.15, 0.2) is 42.7 Å². The van der Waals surface area contributed by atoms with Crippen molar-refractivity contribution in [3.8, 4) is 29.0 Å². The van der Waals surface area contributed by atoms with E-state index in [2.05, 4.69) is 53.6 Å². The van der Waals surface area contributed by atoms with Crippen molar-refractivity contribution in [1.82, 2.24) is 19.9 Å². The summed E-state index contributed by atoms with van der Waals surface area (Å²) in [6.45, 7) is 10.2. The van der Waals surface area contributed by atoms with Crippen LogP contribution in [0.25, 0.3) is 33.1 Å². The van der Waals surface area contributed by atoms with E-state index in [0.29, 0.717) is 35.5 Å². The van der Waals surface area contributed by atoms with Gasteiger partial charge < -0.3 is 14.8 Å². The van der Waals surface area contributed by atoms with Crippen molar-refractivity contribution in [1.29, 1.82) is 5.26 Å². The second-order valence-corrected chi connectivity index (χ2v) is 8.40. The average Bonchev–Trinajstić information content (AvgIpc) is 3.10. The van der Waals surface area contributed by atoms with Crippen LogP contribution in [-0.4, -0.2) is 50.2 Å². The van der Waals surface area contributed by atoms with Gasteiger partial charge in [0.1, 0.15) is 18.7 Å². The summed E-state index contributed by atoms with van der Waals surface area (Å²) in [5.74, 6) is 0.752. The van der Waals surface area contributed by atoms with Gasteiger partial charge in [0.25, 0.3) is 0 Å². The first-order chi connectivity index (χ1) is 15.4. The van der Waals surface area contributed by atoms with E-state index in [0.717, 1.165) is 34.1 Å². The number of rotatable bonds is 7. The number of aromatic amines is 1. The van der Waals surface area contributed by atoms with E-state index in [-0.39, 0.29) is 5.88 Å². The van der Waals surface area contributed by atoms with Gasteiger partial charge in [0.15, 0.2) is 5.88 Å². The number of hydrogen-bond acceptors (Lipinski definition) is 6. The number of nitrogens with zero attached hydrogens (tertiary/aromatic N) is 4. The number of aromatic nitrogens is 3. The highest BCUT2D eigenvalue weighted by Crippen LogP contribution is 2.39. The van der Waals surface area contributed by atoms with Crippen molar-refractivity contribution in [2.75, 3.05) is 13.2 Å². The second kappa shape index (κ2) is 8.85. The Balaban J connectivity index is 1.66. The molecule has 0 bridgehead atoms. The Morgan fingerprint density at radius 2 is 1.84 bits per heavy atom. The topological polar surface area (TPSA) is 98.1 Å². The van der Waals surface area contributed by atoms with Gasteiger partial charge in [-0.3, -0.25) is 4.90 Å². The van der Waals surface area contributed by atoms with Crippen LogP contribution in [-0.2, 0) is 0 Å². The molecule has 4 rings (SSSR count). The van der Waals surface area contributed by atoms with E-state index in [9.17, 15) is 10.4 Å². The minimum absolute atomic E-state index is 0.0119. The molecule has 7 heteroatoms. The van der Waals surface area contributed by atoms with Crippen LogP contribution in [0.1, 0.15) is 33.3 Å². The first kappa shape index (κ1) is 21.6. The van der Waals surface area contributed by atoms with Crippen molar-refractivity contribution in [3.05, 3.63) is 48.3 Å². The van der Waals surface area contributed by atoms with Gasteiger partial charge in [-0.25, -0.2) is 9.97 Å². The third-order valence-electron chi connectivity index (χ3n) is 5.70. The fourth-order valence-electron chi connectivity index (χ4n) is 4.19. The molecule has 0 fully saturated rings. The van der Waals surface area contributed by atoms with E-state index in [1.807, 2.05) is 18.2 Å². The summed E-state index contributed by atoms with van der Waals surface area (Å²) in [5.41, 5.74) is 3.14. The van der Waals surface area contributed by atoms with E-state index < -0.39 is 0 Å². The van der Waals surface area contributed by atoms with Crippen LogP contribution < -0.4 is 4.74 Å². The Labute approximate surface area is 187 Å². The molecule has 32 heavy (non-hydrogen) atoms. The van der Waals surface area contributed by atoms with Gasteiger partial charge in [0.2, 0.25) is 0 Å². The highest BCUT2D eigenvalue weighted by Gasteiger charge is 2.18. The Kier molecular flexibility index (Phi) is 5.97. The molecule has 2 N–H and O–H groups in total. The number of fused-ring (bicyclic) bond motifs is 2. The summed E-state index contributed by atoms with van der Waals surface area (Å²) >= 11 is 0. The molecule has 0 aliphatic heterocycles. The van der Waals surface area contributed by atoms with Crippen LogP contribution in [0.2, 0.25) is 0 Å². The molecule has 4 aromatic rings. The predicted octanol–water partition coefficient (Wildman–Crippen LogP) is 4.85. The summed E-state index contributed by atoms with van der Waals surface area (Å²) < 4.78 is 6.01. The minimum atomic E-state index is 0.0119. The molecule has 2 heterocycles. The number of H-pyrrole nitrogens is 1. The fourth-order valence-corrected chi connectivity index (χ4v) is 4.19. The first-order valence-corrected chi connectivity index (χ1v) is 10.8. The van der Waals surface area contributed by atoms with Crippen LogP contribution in [0.3, 0.4) is 0 Å². The molecular formula is C25H27N5O2. The standard InChI is InChI=1S/C25H27N5O2/c1-15(2)30(16(3)4)9-10-32-18-6-7-19-22(12-18)27-14-28-24(19)23-20-11-17(13-26)5-8-21(20)29-25(23)31/h5-8,11-12,14-16,29,31H,9-10H2,1-4H3. The summed E-state index contributed by atoms with van der Waals surface area (Å²) in [7, 11) is 0. The Morgan fingerprint density at radius 3 is 2.56 bits per heavy atom. The largest absolute Gasteiger partial charge is 0.494 e. The molecule has 0 unspecified atom stereocenters. The van der Waals surface area contributed by atoms with Crippen molar-refractivity contribution >= 4 is 21.8 Å². The van der Waals surface area contributed by atoms with Crippen molar-refractivity contribution in [3.63, 3.8) is 0 Å². The van der Waals surface area contributed by atoms with E-state index in [4.69, 9.17) is 4.74 Å². The molecular weight excluding hydrogens is 402 g/mol. The molecule has 0 aliphatic rings. The lowest BCUT2D eigenvalue weighted by Gasteiger charge is -2.30. The lowest BCUT2D eigenvalue weighted by atomic mass is 10.0. The maximum atomic E-state index is 10.6. The molecule has 2 aromatic carbocycles. The monoisotopic (exact) mass is 429 g/mol. The Hall–Kier alpha value is -3.63. The quantitative estimate of drug-likeness (QED) is 0.436. The number of nitrogens with one attached hydrogen (secondary N) is 1. The number of aromatic hydroxyl groups is 1. The molecule has 0 atom stereocenters. The Morgan fingerprint density at radius 1 is 1.06 bits per heavy atom. The molecule has 0 amide bonds. The highest BCUT2D eigenvalue weighted by molar-refractivity contribution is 6.05. The van der Waals surface area contributed by atoms with Gasteiger partial charge in [-0.2, -0.15) is 5.26 Å². The zero-order valence-electron chi connectivity index (χ0n) is 18.8. The molecule has 2 aromatic heterocycles. The van der Waals surface area contributed by atoms with Crippen LogP contribution in [0, 0.1) is 11.3 Å². The summed E-state index contributed by atoms with van der Waals surface area (Å²) in [6, 6.07) is 14.0. The van der Waals surface area contributed by atoms with Crippen LogP contribution >= 0.6 is 0 Å². The van der Waals surface area contributed by atoms with Crippen molar-refractivity contribution in [2.24, 2.45) is 0 Å². The number of ether oxygens (including phenoxy) is 1. The van der Waals surface area contributed by atoms with E-state index in [1.54, 1.807) is 18.2 Å². The van der Waals surface area contributed by atoms with Crippen LogP contribution in [0.5, 0.6) is 11.6 Å². The normalized spacial score (nSPS) is 11.7. The van der Waals surface area contributed by atoms with E-state index in [1.165, 1.54) is 6.33 Å².